The minimum atomic E-state index is -0.880. The first-order valence-electron chi connectivity index (χ1n) is 4.19. The van der Waals surface area contributed by atoms with Crippen LogP contribution in [0.4, 0.5) is 0 Å². The Labute approximate surface area is 99.6 Å². The van der Waals surface area contributed by atoms with Crippen molar-refractivity contribution in [3.63, 3.8) is 0 Å². The van der Waals surface area contributed by atoms with E-state index in [-0.39, 0.29) is 35.5 Å². The van der Waals surface area contributed by atoms with Crippen LogP contribution in [0.3, 0.4) is 0 Å². The number of amides is 1. The topological polar surface area (TPSA) is 57.6 Å². The van der Waals surface area contributed by atoms with E-state index in [1.165, 1.54) is 4.90 Å². The summed E-state index contributed by atoms with van der Waals surface area (Å²) in [6.07, 6.45) is 1.80. The van der Waals surface area contributed by atoms with Crippen LogP contribution in [0, 0.1) is 0 Å². The molecule has 0 unspecified atom stereocenters. The Morgan fingerprint density at radius 1 is 1.54 bits per heavy atom. The number of aliphatic carboxylic acids is 1. The standard InChI is InChI=1S/C8H13NO3.Na.H/c1-2-7(10)9-5-3-4-6(9)8(11)12;;/h6H,2-5H2,1H3,(H,11,12);;/t6-;;/m0../s1. The molecule has 0 radical (unpaired) electrons. The Bertz CT molecular complexity index is 208. The van der Waals surface area contributed by atoms with Crippen LogP contribution in [0.5, 0.6) is 0 Å². The number of likely N-dealkylation sites (tertiary alicyclic amines) is 1. The van der Waals surface area contributed by atoms with Gasteiger partial charge in [0.1, 0.15) is 6.04 Å². The summed E-state index contributed by atoms with van der Waals surface area (Å²) in [6, 6.07) is -0.572. The van der Waals surface area contributed by atoms with Crippen LogP contribution < -0.4 is 0 Å². The van der Waals surface area contributed by atoms with Crippen molar-refractivity contribution in [3.05, 3.63) is 0 Å². The third-order valence-electron chi connectivity index (χ3n) is 2.16. The van der Waals surface area contributed by atoms with Crippen molar-refractivity contribution in [2.45, 2.75) is 32.2 Å². The molecule has 1 aliphatic rings. The first-order chi connectivity index (χ1) is 5.66. The molecule has 4 nitrogen and oxygen atoms in total. The third kappa shape index (κ3) is 2.97. The second-order valence-corrected chi connectivity index (χ2v) is 2.94. The van der Waals surface area contributed by atoms with Gasteiger partial charge in [-0.3, -0.25) is 4.79 Å². The molecule has 0 saturated carbocycles. The molecule has 1 N–H and O–H groups in total. The van der Waals surface area contributed by atoms with Gasteiger partial charge >= 0.3 is 35.5 Å². The molecular formula is C8H14NNaO3. The van der Waals surface area contributed by atoms with E-state index in [0.29, 0.717) is 19.4 Å². The van der Waals surface area contributed by atoms with E-state index in [1.54, 1.807) is 6.92 Å². The van der Waals surface area contributed by atoms with Crippen LogP contribution in [-0.4, -0.2) is 64.0 Å². The van der Waals surface area contributed by atoms with Gasteiger partial charge in [0.15, 0.2) is 0 Å². The van der Waals surface area contributed by atoms with Crippen molar-refractivity contribution in [3.8, 4) is 0 Å². The van der Waals surface area contributed by atoms with Crippen molar-refractivity contribution >= 4 is 41.4 Å². The summed E-state index contributed by atoms with van der Waals surface area (Å²) in [4.78, 5) is 23.3. The van der Waals surface area contributed by atoms with Gasteiger partial charge in [-0.15, -0.1) is 0 Å². The van der Waals surface area contributed by atoms with E-state index < -0.39 is 12.0 Å². The Morgan fingerprint density at radius 2 is 2.15 bits per heavy atom. The second kappa shape index (κ2) is 5.62. The average molecular weight is 195 g/mol. The number of rotatable bonds is 2. The van der Waals surface area contributed by atoms with Crippen molar-refractivity contribution in [2.24, 2.45) is 0 Å². The predicted octanol–water partition coefficient (Wildman–Crippen LogP) is -0.177. The fourth-order valence-corrected chi connectivity index (χ4v) is 1.53. The van der Waals surface area contributed by atoms with Gasteiger partial charge in [0.25, 0.3) is 0 Å². The molecule has 13 heavy (non-hydrogen) atoms. The quantitative estimate of drug-likeness (QED) is 0.622. The van der Waals surface area contributed by atoms with Crippen LogP contribution in [0.1, 0.15) is 26.2 Å². The number of carboxylic acids is 1. The number of carbonyl (C=O) groups is 2. The average Bonchev–Trinajstić information content (AvgIpc) is 2.50. The molecule has 1 fully saturated rings. The summed E-state index contributed by atoms with van der Waals surface area (Å²) in [5.74, 6) is -0.936. The monoisotopic (exact) mass is 195 g/mol. The number of hydrogen-bond acceptors (Lipinski definition) is 2. The third-order valence-corrected chi connectivity index (χ3v) is 2.16. The zero-order valence-corrected chi connectivity index (χ0v) is 7.12. The number of carbonyl (C=O) groups excluding carboxylic acids is 1. The first-order valence-corrected chi connectivity index (χ1v) is 4.19. The molecule has 0 aromatic carbocycles. The van der Waals surface area contributed by atoms with Crippen LogP contribution in [0.2, 0.25) is 0 Å². The Kier molecular flexibility index (Phi) is 5.60. The van der Waals surface area contributed by atoms with Crippen LogP contribution in [-0.2, 0) is 9.59 Å². The summed E-state index contributed by atoms with van der Waals surface area (Å²) in [7, 11) is 0. The fourth-order valence-electron chi connectivity index (χ4n) is 1.53. The van der Waals surface area contributed by atoms with E-state index in [4.69, 9.17) is 5.11 Å². The molecule has 0 aromatic rings. The number of hydrogen-bond donors (Lipinski definition) is 1. The van der Waals surface area contributed by atoms with E-state index in [0.717, 1.165) is 6.42 Å². The maximum absolute atomic E-state index is 11.2. The molecule has 70 valence electrons. The molecule has 1 amide bonds. The molecule has 0 aromatic heterocycles. The van der Waals surface area contributed by atoms with Crippen molar-refractivity contribution in [2.75, 3.05) is 6.54 Å². The van der Waals surface area contributed by atoms with Gasteiger partial charge in [-0.25, -0.2) is 4.79 Å². The van der Waals surface area contributed by atoms with Crippen LogP contribution in [0.25, 0.3) is 0 Å². The van der Waals surface area contributed by atoms with Crippen molar-refractivity contribution in [1.29, 1.82) is 0 Å². The second-order valence-electron chi connectivity index (χ2n) is 2.94. The van der Waals surface area contributed by atoms with Gasteiger partial charge in [0.05, 0.1) is 0 Å². The Morgan fingerprint density at radius 3 is 2.62 bits per heavy atom. The van der Waals surface area contributed by atoms with Crippen molar-refractivity contribution < 1.29 is 14.7 Å². The normalized spacial score (nSPS) is 21.0. The molecule has 0 bridgehead atoms. The van der Waals surface area contributed by atoms with Gasteiger partial charge in [0.2, 0.25) is 5.91 Å². The molecule has 0 spiro atoms. The summed E-state index contributed by atoms with van der Waals surface area (Å²) in [5.41, 5.74) is 0. The Balaban J connectivity index is 0.00000144. The number of carboxylic acid groups (broad SMARTS) is 1. The number of nitrogens with zero attached hydrogens (tertiary/aromatic N) is 1. The van der Waals surface area contributed by atoms with Gasteiger partial charge in [-0.1, -0.05) is 6.92 Å². The van der Waals surface area contributed by atoms with Gasteiger partial charge in [-0.2, -0.15) is 0 Å². The summed E-state index contributed by atoms with van der Waals surface area (Å²) < 4.78 is 0. The van der Waals surface area contributed by atoms with E-state index in [1.807, 2.05) is 0 Å². The SMILES string of the molecule is CCC(=O)N1CCC[C@H]1C(=O)O.[NaH]. The molecule has 1 rings (SSSR count). The fraction of sp³-hybridized carbons (Fsp3) is 0.750. The molecule has 1 aliphatic heterocycles. The van der Waals surface area contributed by atoms with Crippen LogP contribution in [0.15, 0.2) is 0 Å². The molecule has 1 atom stereocenters. The molecule has 1 heterocycles. The Hall–Kier alpha value is -0.0600. The summed E-state index contributed by atoms with van der Waals surface area (Å²) in [5, 5.41) is 8.73. The van der Waals surface area contributed by atoms with Gasteiger partial charge < -0.3 is 10.0 Å². The van der Waals surface area contributed by atoms with Crippen LogP contribution >= 0.6 is 0 Å². The van der Waals surface area contributed by atoms with Gasteiger partial charge in [-0.05, 0) is 12.8 Å². The molecule has 5 heteroatoms. The molecule has 0 aliphatic carbocycles. The molecule has 1 saturated heterocycles. The zero-order valence-electron chi connectivity index (χ0n) is 7.12. The zero-order chi connectivity index (χ0) is 9.14. The van der Waals surface area contributed by atoms with Crippen molar-refractivity contribution in [1.82, 2.24) is 4.90 Å². The molecular weight excluding hydrogens is 181 g/mol. The van der Waals surface area contributed by atoms with E-state index in [9.17, 15) is 9.59 Å². The summed E-state index contributed by atoms with van der Waals surface area (Å²) in [6.45, 7) is 2.35. The summed E-state index contributed by atoms with van der Waals surface area (Å²) >= 11 is 0. The maximum atomic E-state index is 11.2. The first kappa shape index (κ1) is 12.9. The van der Waals surface area contributed by atoms with Gasteiger partial charge in [0, 0.05) is 13.0 Å². The van der Waals surface area contributed by atoms with E-state index in [2.05, 4.69) is 0 Å². The van der Waals surface area contributed by atoms with E-state index >= 15 is 0 Å². The predicted molar refractivity (Wildman–Crippen MR) is 49.8 cm³/mol. The minimum absolute atomic E-state index is 0.